The second-order valence-corrected chi connectivity index (χ2v) is 5.99. The standard InChI is InChI=1S/C16H19NO2/c1-16(2,3)9-11(8-15(18)19)13-10-17-14-7-5-4-6-12(13)14/h4-8,10,17H,9H2,1-3H3,(H,18,19)/b11-8-. The van der Waals surface area contributed by atoms with Gasteiger partial charge in [0.2, 0.25) is 0 Å². The summed E-state index contributed by atoms with van der Waals surface area (Å²) in [5.41, 5.74) is 2.91. The Labute approximate surface area is 113 Å². The molecular weight excluding hydrogens is 238 g/mol. The van der Waals surface area contributed by atoms with Crippen molar-refractivity contribution in [1.29, 1.82) is 0 Å². The van der Waals surface area contributed by atoms with Gasteiger partial charge in [0.15, 0.2) is 0 Å². The highest BCUT2D eigenvalue weighted by atomic mass is 16.4. The van der Waals surface area contributed by atoms with E-state index >= 15 is 0 Å². The van der Waals surface area contributed by atoms with Gasteiger partial charge in [-0.3, -0.25) is 0 Å². The number of carboxylic acids is 1. The Morgan fingerprint density at radius 1 is 1.32 bits per heavy atom. The first-order valence-electron chi connectivity index (χ1n) is 6.37. The number of nitrogens with one attached hydrogen (secondary N) is 1. The van der Waals surface area contributed by atoms with Gasteiger partial charge in [0.25, 0.3) is 0 Å². The number of allylic oxidation sites excluding steroid dienone is 1. The number of aliphatic carboxylic acids is 1. The molecule has 0 saturated heterocycles. The zero-order valence-corrected chi connectivity index (χ0v) is 11.5. The minimum absolute atomic E-state index is 0.0413. The first-order valence-corrected chi connectivity index (χ1v) is 6.37. The fourth-order valence-electron chi connectivity index (χ4n) is 2.28. The molecule has 100 valence electrons. The summed E-state index contributed by atoms with van der Waals surface area (Å²) in [7, 11) is 0. The van der Waals surface area contributed by atoms with Crippen molar-refractivity contribution in [3.63, 3.8) is 0 Å². The predicted molar refractivity (Wildman–Crippen MR) is 78.0 cm³/mol. The van der Waals surface area contributed by atoms with Gasteiger partial charge in [-0.15, -0.1) is 0 Å². The molecule has 3 nitrogen and oxygen atoms in total. The second kappa shape index (κ2) is 4.92. The van der Waals surface area contributed by atoms with Gasteiger partial charge in [-0.25, -0.2) is 4.79 Å². The fourth-order valence-corrected chi connectivity index (χ4v) is 2.28. The number of carboxylic acid groups (broad SMARTS) is 1. The molecule has 2 aromatic rings. The molecule has 0 atom stereocenters. The van der Waals surface area contributed by atoms with Crippen molar-refractivity contribution in [1.82, 2.24) is 4.98 Å². The molecule has 0 amide bonds. The topological polar surface area (TPSA) is 53.1 Å². The number of benzene rings is 1. The van der Waals surface area contributed by atoms with Crippen molar-refractivity contribution in [2.24, 2.45) is 5.41 Å². The molecule has 0 bridgehead atoms. The minimum atomic E-state index is -0.899. The lowest BCUT2D eigenvalue weighted by Crippen LogP contribution is -2.07. The van der Waals surface area contributed by atoms with Crippen molar-refractivity contribution >= 4 is 22.4 Å². The summed E-state index contributed by atoms with van der Waals surface area (Å²) >= 11 is 0. The predicted octanol–water partition coefficient (Wildman–Crippen LogP) is 4.07. The number of rotatable bonds is 3. The number of para-hydroxylation sites is 1. The molecule has 3 heteroatoms. The summed E-state index contributed by atoms with van der Waals surface area (Å²) < 4.78 is 0. The SMILES string of the molecule is CC(C)(C)C/C(=C/C(=O)O)c1c[nH]c2ccccc12. The van der Waals surface area contributed by atoms with Crippen LogP contribution in [0.3, 0.4) is 0 Å². The lowest BCUT2D eigenvalue weighted by molar-refractivity contribution is -0.131. The van der Waals surface area contributed by atoms with Crippen LogP contribution in [0.1, 0.15) is 32.8 Å². The highest BCUT2D eigenvalue weighted by Crippen LogP contribution is 2.33. The Morgan fingerprint density at radius 2 is 2.00 bits per heavy atom. The molecule has 1 heterocycles. The third kappa shape index (κ3) is 3.25. The molecule has 19 heavy (non-hydrogen) atoms. The Hall–Kier alpha value is -2.03. The Morgan fingerprint density at radius 3 is 2.63 bits per heavy atom. The Balaban J connectivity index is 2.52. The van der Waals surface area contributed by atoms with Gasteiger partial charge in [-0.2, -0.15) is 0 Å². The summed E-state index contributed by atoms with van der Waals surface area (Å²) in [5, 5.41) is 10.1. The minimum Gasteiger partial charge on any atom is -0.478 e. The largest absolute Gasteiger partial charge is 0.478 e. The number of H-pyrrole nitrogens is 1. The first kappa shape index (κ1) is 13.4. The molecule has 0 aliphatic carbocycles. The highest BCUT2D eigenvalue weighted by molar-refractivity contribution is 5.98. The molecular formula is C16H19NO2. The van der Waals surface area contributed by atoms with Crippen LogP contribution in [0, 0.1) is 5.41 Å². The number of aromatic nitrogens is 1. The van der Waals surface area contributed by atoms with E-state index in [1.165, 1.54) is 6.08 Å². The molecule has 0 saturated carbocycles. The van der Waals surface area contributed by atoms with Crippen LogP contribution in [-0.4, -0.2) is 16.1 Å². The van der Waals surface area contributed by atoms with Gasteiger partial charge in [0, 0.05) is 28.7 Å². The van der Waals surface area contributed by atoms with E-state index in [2.05, 4.69) is 25.8 Å². The molecule has 0 unspecified atom stereocenters. The number of hydrogen-bond acceptors (Lipinski definition) is 1. The summed E-state index contributed by atoms with van der Waals surface area (Å²) in [4.78, 5) is 14.2. The second-order valence-electron chi connectivity index (χ2n) is 5.99. The third-order valence-electron chi connectivity index (χ3n) is 2.95. The van der Waals surface area contributed by atoms with Crippen molar-refractivity contribution in [3.8, 4) is 0 Å². The quantitative estimate of drug-likeness (QED) is 0.814. The number of fused-ring (bicyclic) bond motifs is 1. The maximum atomic E-state index is 11.0. The average molecular weight is 257 g/mol. The van der Waals surface area contributed by atoms with E-state index in [0.29, 0.717) is 0 Å². The van der Waals surface area contributed by atoms with Crippen LogP contribution < -0.4 is 0 Å². The van der Waals surface area contributed by atoms with Gasteiger partial charge < -0.3 is 10.1 Å². The first-order chi connectivity index (χ1) is 8.87. The fraction of sp³-hybridized carbons (Fsp3) is 0.312. The summed E-state index contributed by atoms with van der Waals surface area (Å²) in [6.07, 6.45) is 3.94. The van der Waals surface area contributed by atoms with Crippen molar-refractivity contribution < 1.29 is 9.90 Å². The van der Waals surface area contributed by atoms with E-state index in [-0.39, 0.29) is 5.41 Å². The van der Waals surface area contributed by atoms with Crippen LogP contribution >= 0.6 is 0 Å². The van der Waals surface area contributed by atoms with Gasteiger partial charge in [0.05, 0.1) is 0 Å². The van der Waals surface area contributed by atoms with Crippen molar-refractivity contribution in [3.05, 3.63) is 42.1 Å². The molecule has 2 N–H and O–H groups in total. The number of hydrogen-bond donors (Lipinski definition) is 2. The summed E-state index contributed by atoms with van der Waals surface area (Å²) in [6.45, 7) is 6.33. The number of carbonyl (C=O) groups is 1. The van der Waals surface area contributed by atoms with Crippen molar-refractivity contribution in [2.45, 2.75) is 27.2 Å². The van der Waals surface area contributed by atoms with Crippen LogP contribution in [0.5, 0.6) is 0 Å². The average Bonchev–Trinajstić information content (AvgIpc) is 2.69. The van der Waals surface area contributed by atoms with E-state index in [0.717, 1.165) is 28.5 Å². The third-order valence-corrected chi connectivity index (χ3v) is 2.95. The zero-order chi connectivity index (χ0) is 14.0. The Kier molecular flexibility index (Phi) is 3.47. The van der Waals surface area contributed by atoms with Crippen LogP contribution in [0.2, 0.25) is 0 Å². The normalized spacial score (nSPS) is 12.9. The summed E-state index contributed by atoms with van der Waals surface area (Å²) in [6, 6.07) is 7.94. The van der Waals surface area contributed by atoms with Gasteiger partial charge in [-0.05, 0) is 23.5 Å². The van der Waals surface area contributed by atoms with E-state index < -0.39 is 5.97 Å². The van der Waals surface area contributed by atoms with Crippen molar-refractivity contribution in [2.75, 3.05) is 0 Å². The maximum Gasteiger partial charge on any atom is 0.328 e. The molecule has 1 aromatic carbocycles. The molecule has 0 radical (unpaired) electrons. The number of aromatic amines is 1. The van der Waals surface area contributed by atoms with E-state index in [9.17, 15) is 4.79 Å². The molecule has 1 aromatic heterocycles. The molecule has 2 rings (SSSR count). The van der Waals surface area contributed by atoms with Gasteiger partial charge in [-0.1, -0.05) is 39.0 Å². The zero-order valence-electron chi connectivity index (χ0n) is 11.5. The van der Waals surface area contributed by atoms with Crippen LogP contribution in [0.15, 0.2) is 36.5 Å². The molecule has 0 fully saturated rings. The molecule has 0 spiro atoms. The van der Waals surface area contributed by atoms with E-state index in [1.807, 2.05) is 30.5 Å². The highest BCUT2D eigenvalue weighted by Gasteiger charge is 2.17. The van der Waals surface area contributed by atoms with E-state index in [1.54, 1.807) is 0 Å². The monoisotopic (exact) mass is 257 g/mol. The van der Waals surface area contributed by atoms with E-state index in [4.69, 9.17) is 5.11 Å². The maximum absolute atomic E-state index is 11.0. The van der Waals surface area contributed by atoms with Crippen LogP contribution in [0.25, 0.3) is 16.5 Å². The lowest BCUT2D eigenvalue weighted by Gasteiger charge is -2.20. The van der Waals surface area contributed by atoms with Crippen LogP contribution in [-0.2, 0) is 4.79 Å². The molecule has 0 aliphatic heterocycles. The lowest BCUT2D eigenvalue weighted by atomic mass is 9.85. The Bertz CT molecular complexity index is 629. The van der Waals surface area contributed by atoms with Crippen LogP contribution in [0.4, 0.5) is 0 Å². The smallest absolute Gasteiger partial charge is 0.328 e. The summed E-state index contributed by atoms with van der Waals surface area (Å²) in [5.74, 6) is -0.899. The van der Waals surface area contributed by atoms with Gasteiger partial charge in [0.1, 0.15) is 0 Å². The molecule has 0 aliphatic rings. The van der Waals surface area contributed by atoms with Gasteiger partial charge >= 0.3 is 5.97 Å².